The molecule has 2 heterocycles. The van der Waals surface area contributed by atoms with Crippen LogP contribution in [0.5, 0.6) is 0 Å². The monoisotopic (exact) mass is 357 g/mol. The standard InChI is InChI=1S/C20H27N3O3/c1-14(2)20(26)22-11-3-5-15(13-22)19(25)21-16-7-9-17(10-8-16)23-12-4-6-18(23)24/h7-10,14-15H,3-6,11-13H2,1-2H3,(H,21,25)/t15-/m0/s1. The quantitative estimate of drug-likeness (QED) is 0.901. The molecule has 1 aromatic rings. The number of carbonyl (C=O) groups is 3. The van der Waals surface area contributed by atoms with Gasteiger partial charge in [0.15, 0.2) is 0 Å². The molecule has 0 spiro atoms. The van der Waals surface area contributed by atoms with Crippen molar-refractivity contribution in [2.75, 3.05) is 29.9 Å². The van der Waals surface area contributed by atoms with E-state index in [1.54, 1.807) is 9.80 Å². The first-order valence-corrected chi connectivity index (χ1v) is 9.46. The zero-order valence-electron chi connectivity index (χ0n) is 15.5. The van der Waals surface area contributed by atoms with Gasteiger partial charge in [0.2, 0.25) is 17.7 Å². The Morgan fingerprint density at radius 2 is 1.85 bits per heavy atom. The fraction of sp³-hybridized carbons (Fsp3) is 0.550. The van der Waals surface area contributed by atoms with Crippen molar-refractivity contribution in [1.82, 2.24) is 4.90 Å². The molecule has 26 heavy (non-hydrogen) atoms. The van der Waals surface area contributed by atoms with Gasteiger partial charge >= 0.3 is 0 Å². The zero-order valence-corrected chi connectivity index (χ0v) is 15.5. The molecule has 2 fully saturated rings. The van der Waals surface area contributed by atoms with Crippen LogP contribution in [0.15, 0.2) is 24.3 Å². The van der Waals surface area contributed by atoms with E-state index in [0.29, 0.717) is 13.0 Å². The lowest BCUT2D eigenvalue weighted by Crippen LogP contribution is -2.45. The van der Waals surface area contributed by atoms with E-state index in [0.717, 1.165) is 43.7 Å². The number of nitrogens with zero attached hydrogens (tertiary/aromatic N) is 2. The van der Waals surface area contributed by atoms with Crippen molar-refractivity contribution in [1.29, 1.82) is 0 Å². The summed E-state index contributed by atoms with van der Waals surface area (Å²) in [6.45, 7) is 5.76. The molecule has 0 unspecified atom stereocenters. The van der Waals surface area contributed by atoms with Gasteiger partial charge in [0.05, 0.1) is 5.92 Å². The van der Waals surface area contributed by atoms with Crippen LogP contribution in [0.1, 0.15) is 39.5 Å². The number of amides is 3. The Morgan fingerprint density at radius 1 is 1.12 bits per heavy atom. The van der Waals surface area contributed by atoms with Crippen molar-refractivity contribution >= 4 is 29.1 Å². The number of carbonyl (C=O) groups excluding carboxylic acids is 3. The Bertz CT molecular complexity index is 684. The first-order valence-electron chi connectivity index (χ1n) is 9.46. The van der Waals surface area contributed by atoms with Crippen molar-refractivity contribution in [3.8, 4) is 0 Å². The highest BCUT2D eigenvalue weighted by atomic mass is 16.2. The van der Waals surface area contributed by atoms with E-state index >= 15 is 0 Å². The maximum atomic E-state index is 12.6. The van der Waals surface area contributed by atoms with Gasteiger partial charge in [-0.05, 0) is 43.5 Å². The van der Waals surface area contributed by atoms with E-state index in [1.807, 2.05) is 38.1 Å². The molecular formula is C20H27N3O3. The molecule has 2 aliphatic heterocycles. The SMILES string of the molecule is CC(C)C(=O)N1CCC[C@H](C(=O)Nc2ccc(N3CCCC3=O)cc2)C1. The summed E-state index contributed by atoms with van der Waals surface area (Å²) >= 11 is 0. The minimum atomic E-state index is -0.175. The van der Waals surface area contributed by atoms with Crippen LogP contribution < -0.4 is 10.2 Å². The van der Waals surface area contributed by atoms with Crippen LogP contribution >= 0.6 is 0 Å². The van der Waals surface area contributed by atoms with Gasteiger partial charge in [0, 0.05) is 43.3 Å². The summed E-state index contributed by atoms with van der Waals surface area (Å²) in [6.07, 6.45) is 3.15. The van der Waals surface area contributed by atoms with Gasteiger partial charge in [0.25, 0.3) is 0 Å². The van der Waals surface area contributed by atoms with Crippen LogP contribution in [-0.2, 0) is 14.4 Å². The summed E-state index contributed by atoms with van der Waals surface area (Å²) in [5.74, 6) is 0.00114. The number of likely N-dealkylation sites (tertiary alicyclic amines) is 1. The lowest BCUT2D eigenvalue weighted by molar-refractivity contribution is -0.137. The lowest BCUT2D eigenvalue weighted by atomic mass is 9.96. The van der Waals surface area contributed by atoms with E-state index < -0.39 is 0 Å². The first kappa shape index (κ1) is 18.4. The van der Waals surface area contributed by atoms with E-state index in [1.165, 1.54) is 0 Å². The number of hydrogen-bond acceptors (Lipinski definition) is 3. The van der Waals surface area contributed by atoms with Crippen LogP contribution in [0.25, 0.3) is 0 Å². The normalized spacial score (nSPS) is 20.6. The minimum absolute atomic E-state index is 0.0438. The maximum absolute atomic E-state index is 12.6. The predicted octanol–water partition coefficient (Wildman–Crippen LogP) is 2.65. The van der Waals surface area contributed by atoms with Gasteiger partial charge in [-0.1, -0.05) is 13.8 Å². The molecule has 6 nitrogen and oxygen atoms in total. The highest BCUT2D eigenvalue weighted by Crippen LogP contribution is 2.24. The third-order valence-electron chi connectivity index (χ3n) is 5.12. The molecular weight excluding hydrogens is 330 g/mol. The molecule has 1 aromatic carbocycles. The summed E-state index contributed by atoms with van der Waals surface area (Å²) in [5, 5.41) is 2.95. The van der Waals surface area contributed by atoms with Crippen LogP contribution in [0, 0.1) is 11.8 Å². The Labute approximate surface area is 154 Å². The molecule has 0 aliphatic carbocycles. The van der Waals surface area contributed by atoms with Crippen LogP contribution in [0.2, 0.25) is 0 Å². The van der Waals surface area contributed by atoms with Crippen molar-refractivity contribution in [2.24, 2.45) is 11.8 Å². The van der Waals surface area contributed by atoms with Gasteiger partial charge in [-0.3, -0.25) is 14.4 Å². The molecule has 140 valence electrons. The summed E-state index contributed by atoms with van der Waals surface area (Å²) in [4.78, 5) is 40.1. The largest absolute Gasteiger partial charge is 0.342 e. The Kier molecular flexibility index (Phi) is 5.59. The average molecular weight is 357 g/mol. The molecule has 0 bridgehead atoms. The molecule has 1 N–H and O–H groups in total. The van der Waals surface area contributed by atoms with Crippen molar-refractivity contribution < 1.29 is 14.4 Å². The van der Waals surface area contributed by atoms with Crippen molar-refractivity contribution in [3.05, 3.63) is 24.3 Å². The molecule has 2 aliphatic rings. The summed E-state index contributed by atoms with van der Waals surface area (Å²) in [5.41, 5.74) is 1.59. The third kappa shape index (κ3) is 4.06. The maximum Gasteiger partial charge on any atom is 0.229 e. The van der Waals surface area contributed by atoms with Crippen LogP contribution in [0.3, 0.4) is 0 Å². The Morgan fingerprint density at radius 3 is 2.46 bits per heavy atom. The molecule has 3 amide bonds. The second-order valence-corrected chi connectivity index (χ2v) is 7.46. The zero-order chi connectivity index (χ0) is 18.7. The summed E-state index contributed by atoms with van der Waals surface area (Å²) in [6, 6.07) is 7.40. The lowest BCUT2D eigenvalue weighted by Gasteiger charge is -2.33. The smallest absolute Gasteiger partial charge is 0.229 e. The molecule has 0 saturated carbocycles. The van der Waals surface area contributed by atoms with E-state index in [9.17, 15) is 14.4 Å². The van der Waals surface area contributed by atoms with Gasteiger partial charge in [-0.15, -0.1) is 0 Å². The highest BCUT2D eigenvalue weighted by molar-refractivity contribution is 5.96. The van der Waals surface area contributed by atoms with E-state index in [2.05, 4.69) is 5.32 Å². The second kappa shape index (κ2) is 7.89. The number of piperidine rings is 1. The predicted molar refractivity (Wildman–Crippen MR) is 101 cm³/mol. The Balaban J connectivity index is 1.59. The van der Waals surface area contributed by atoms with Crippen LogP contribution in [-0.4, -0.2) is 42.3 Å². The van der Waals surface area contributed by atoms with Crippen molar-refractivity contribution in [2.45, 2.75) is 39.5 Å². The van der Waals surface area contributed by atoms with E-state index in [-0.39, 0.29) is 29.6 Å². The first-order chi connectivity index (χ1) is 12.5. The van der Waals surface area contributed by atoms with Crippen LogP contribution in [0.4, 0.5) is 11.4 Å². The Hall–Kier alpha value is -2.37. The topological polar surface area (TPSA) is 69.7 Å². The minimum Gasteiger partial charge on any atom is -0.342 e. The van der Waals surface area contributed by atoms with Gasteiger partial charge < -0.3 is 15.1 Å². The van der Waals surface area contributed by atoms with E-state index in [4.69, 9.17) is 0 Å². The summed E-state index contributed by atoms with van der Waals surface area (Å²) < 4.78 is 0. The number of anilines is 2. The third-order valence-corrected chi connectivity index (χ3v) is 5.12. The summed E-state index contributed by atoms with van der Waals surface area (Å²) in [7, 11) is 0. The molecule has 1 atom stereocenters. The fourth-order valence-electron chi connectivity index (χ4n) is 3.65. The van der Waals surface area contributed by atoms with Gasteiger partial charge in [0.1, 0.15) is 0 Å². The molecule has 2 saturated heterocycles. The average Bonchev–Trinajstić information content (AvgIpc) is 3.07. The molecule has 0 radical (unpaired) electrons. The molecule has 0 aromatic heterocycles. The number of rotatable bonds is 4. The highest BCUT2D eigenvalue weighted by Gasteiger charge is 2.29. The second-order valence-electron chi connectivity index (χ2n) is 7.46. The van der Waals surface area contributed by atoms with Gasteiger partial charge in [-0.25, -0.2) is 0 Å². The number of nitrogens with one attached hydrogen (secondary N) is 1. The molecule has 3 rings (SSSR count). The van der Waals surface area contributed by atoms with Gasteiger partial charge in [-0.2, -0.15) is 0 Å². The molecule has 6 heteroatoms. The number of benzene rings is 1. The van der Waals surface area contributed by atoms with Crippen molar-refractivity contribution in [3.63, 3.8) is 0 Å². The number of hydrogen-bond donors (Lipinski definition) is 1. The fourth-order valence-corrected chi connectivity index (χ4v) is 3.65.